The Labute approximate surface area is 88.9 Å². The van der Waals surface area contributed by atoms with E-state index in [1.165, 1.54) is 14.0 Å². The number of esters is 1. The van der Waals surface area contributed by atoms with Crippen molar-refractivity contribution in [1.29, 1.82) is 0 Å². The van der Waals surface area contributed by atoms with Gasteiger partial charge in [-0.3, -0.25) is 4.79 Å². The van der Waals surface area contributed by atoms with E-state index in [9.17, 15) is 9.59 Å². The number of carbonyl (C=O) groups excluding carboxylic acids is 1. The summed E-state index contributed by atoms with van der Waals surface area (Å²) in [5, 5.41) is 8.73. The second kappa shape index (κ2) is 3.68. The van der Waals surface area contributed by atoms with E-state index in [1.807, 2.05) is 13.8 Å². The van der Waals surface area contributed by atoms with Gasteiger partial charge >= 0.3 is 11.9 Å². The van der Waals surface area contributed by atoms with E-state index in [1.54, 1.807) is 6.08 Å². The van der Waals surface area contributed by atoms with Crippen LogP contribution in [0.25, 0.3) is 0 Å². The third-order valence-corrected chi connectivity index (χ3v) is 3.13. The molecule has 1 N–H and O–H groups in total. The largest absolute Gasteiger partial charge is 0.478 e. The zero-order valence-electron chi connectivity index (χ0n) is 9.40. The van der Waals surface area contributed by atoms with Gasteiger partial charge in [-0.25, -0.2) is 4.79 Å². The van der Waals surface area contributed by atoms with Gasteiger partial charge < -0.3 is 9.84 Å². The Morgan fingerprint density at radius 1 is 1.40 bits per heavy atom. The molecule has 2 unspecified atom stereocenters. The molecule has 0 aromatic rings. The van der Waals surface area contributed by atoms with E-state index < -0.39 is 5.97 Å². The first kappa shape index (κ1) is 11.8. The minimum absolute atomic E-state index is 0.0268. The maximum atomic E-state index is 11.4. The van der Waals surface area contributed by atoms with Gasteiger partial charge in [-0.05, 0) is 18.3 Å². The minimum Gasteiger partial charge on any atom is -0.478 e. The molecule has 0 heterocycles. The second-order valence-corrected chi connectivity index (χ2v) is 4.50. The van der Waals surface area contributed by atoms with Crippen LogP contribution in [0.4, 0.5) is 0 Å². The summed E-state index contributed by atoms with van der Waals surface area (Å²) in [4.78, 5) is 22.0. The van der Waals surface area contributed by atoms with Crippen molar-refractivity contribution in [3.63, 3.8) is 0 Å². The first-order valence-corrected chi connectivity index (χ1v) is 4.82. The topological polar surface area (TPSA) is 63.6 Å². The first-order valence-electron chi connectivity index (χ1n) is 4.82. The summed E-state index contributed by atoms with van der Waals surface area (Å²) < 4.78 is 4.67. The molecule has 0 spiro atoms. The van der Waals surface area contributed by atoms with Crippen molar-refractivity contribution in [3.05, 3.63) is 11.6 Å². The lowest BCUT2D eigenvalue weighted by atomic mass is 10.1. The Morgan fingerprint density at radius 2 is 1.93 bits per heavy atom. The van der Waals surface area contributed by atoms with Crippen LogP contribution < -0.4 is 0 Å². The highest BCUT2D eigenvalue weighted by atomic mass is 16.5. The van der Waals surface area contributed by atoms with E-state index in [2.05, 4.69) is 4.74 Å². The first-order chi connectivity index (χ1) is 6.82. The van der Waals surface area contributed by atoms with Gasteiger partial charge in [0.1, 0.15) is 0 Å². The summed E-state index contributed by atoms with van der Waals surface area (Å²) in [5.41, 5.74) is 0.0866. The number of carboxylic acid groups (broad SMARTS) is 1. The molecule has 1 rings (SSSR count). The van der Waals surface area contributed by atoms with Crippen molar-refractivity contribution in [2.24, 2.45) is 17.3 Å². The summed E-state index contributed by atoms with van der Waals surface area (Å²) in [5.74, 6) is -1.45. The molecule has 0 aromatic heterocycles. The smallest absolute Gasteiger partial charge is 0.330 e. The van der Waals surface area contributed by atoms with E-state index in [-0.39, 0.29) is 28.8 Å². The molecule has 1 fully saturated rings. The number of rotatable bonds is 3. The molecule has 0 saturated heterocycles. The standard InChI is InChI=1S/C11H16O4/c1-6(9(12)13)5-7-8(10(14)15-4)11(7,2)3/h5,7-8H,1-4H3,(H,12,13)/b6-5+. The third kappa shape index (κ3) is 2.03. The molecule has 1 aliphatic carbocycles. The van der Waals surface area contributed by atoms with Gasteiger partial charge in [0.2, 0.25) is 0 Å². The third-order valence-electron chi connectivity index (χ3n) is 3.13. The number of carboxylic acids is 1. The van der Waals surface area contributed by atoms with Crippen LogP contribution >= 0.6 is 0 Å². The number of hydrogen-bond acceptors (Lipinski definition) is 3. The molecule has 2 atom stereocenters. The quantitative estimate of drug-likeness (QED) is 0.568. The molecule has 84 valence electrons. The van der Waals surface area contributed by atoms with Gasteiger partial charge in [-0.2, -0.15) is 0 Å². The molecule has 1 aliphatic rings. The maximum Gasteiger partial charge on any atom is 0.330 e. The molecule has 0 aromatic carbocycles. The molecule has 0 aliphatic heterocycles. The second-order valence-electron chi connectivity index (χ2n) is 4.50. The summed E-state index contributed by atoms with van der Waals surface area (Å²) in [7, 11) is 1.35. The number of methoxy groups -OCH3 is 1. The minimum atomic E-state index is -0.943. The van der Waals surface area contributed by atoms with Gasteiger partial charge in [0.15, 0.2) is 0 Å². The highest BCUT2D eigenvalue weighted by Crippen LogP contribution is 2.59. The lowest BCUT2D eigenvalue weighted by molar-refractivity contribution is -0.143. The number of aliphatic carboxylic acids is 1. The summed E-state index contributed by atoms with van der Waals surface area (Å²) in [6, 6.07) is 0. The molecule has 15 heavy (non-hydrogen) atoms. The van der Waals surface area contributed by atoms with Gasteiger partial charge in [0.05, 0.1) is 13.0 Å². The van der Waals surface area contributed by atoms with Crippen LogP contribution in [-0.4, -0.2) is 24.2 Å². The van der Waals surface area contributed by atoms with Crippen molar-refractivity contribution < 1.29 is 19.4 Å². The van der Waals surface area contributed by atoms with E-state index in [4.69, 9.17) is 5.11 Å². The van der Waals surface area contributed by atoms with Crippen LogP contribution in [0.1, 0.15) is 20.8 Å². The molecular weight excluding hydrogens is 196 g/mol. The lowest BCUT2D eigenvalue weighted by Crippen LogP contribution is -2.07. The molecule has 0 radical (unpaired) electrons. The summed E-state index contributed by atoms with van der Waals surface area (Å²) in [6.07, 6.45) is 1.64. The van der Waals surface area contributed by atoms with Crippen LogP contribution in [0.15, 0.2) is 11.6 Å². The summed E-state index contributed by atoms with van der Waals surface area (Å²) in [6.45, 7) is 5.40. The molecular formula is C11H16O4. The van der Waals surface area contributed by atoms with Crippen LogP contribution in [0.3, 0.4) is 0 Å². The number of hydrogen-bond donors (Lipinski definition) is 1. The predicted molar refractivity (Wildman–Crippen MR) is 54.2 cm³/mol. The van der Waals surface area contributed by atoms with E-state index in [0.717, 1.165) is 0 Å². The van der Waals surface area contributed by atoms with Gasteiger partial charge in [-0.1, -0.05) is 19.9 Å². The molecule has 0 amide bonds. The number of ether oxygens (including phenoxy) is 1. The fourth-order valence-electron chi connectivity index (χ4n) is 1.91. The number of carbonyl (C=O) groups is 2. The summed E-state index contributed by atoms with van der Waals surface area (Å²) >= 11 is 0. The highest BCUT2D eigenvalue weighted by Gasteiger charge is 2.61. The Hall–Kier alpha value is -1.32. The van der Waals surface area contributed by atoms with Crippen LogP contribution in [-0.2, 0) is 14.3 Å². The average molecular weight is 212 g/mol. The Balaban J connectivity index is 2.79. The lowest BCUT2D eigenvalue weighted by Gasteiger charge is -1.99. The fraction of sp³-hybridized carbons (Fsp3) is 0.636. The average Bonchev–Trinajstić information content (AvgIpc) is 2.67. The van der Waals surface area contributed by atoms with E-state index >= 15 is 0 Å². The maximum absolute atomic E-state index is 11.4. The van der Waals surface area contributed by atoms with Gasteiger partial charge in [0.25, 0.3) is 0 Å². The van der Waals surface area contributed by atoms with Crippen molar-refractivity contribution in [1.82, 2.24) is 0 Å². The van der Waals surface area contributed by atoms with Crippen molar-refractivity contribution >= 4 is 11.9 Å². The van der Waals surface area contributed by atoms with Crippen LogP contribution in [0.5, 0.6) is 0 Å². The predicted octanol–water partition coefficient (Wildman–Crippen LogP) is 1.46. The van der Waals surface area contributed by atoms with Crippen molar-refractivity contribution in [3.8, 4) is 0 Å². The van der Waals surface area contributed by atoms with Crippen LogP contribution in [0, 0.1) is 17.3 Å². The SMILES string of the molecule is COC(=O)C1C(/C=C(\C)C(=O)O)C1(C)C. The number of allylic oxidation sites excluding steroid dienone is 1. The fourth-order valence-corrected chi connectivity index (χ4v) is 1.91. The van der Waals surface area contributed by atoms with E-state index in [0.29, 0.717) is 0 Å². The Bertz CT molecular complexity index is 327. The van der Waals surface area contributed by atoms with Crippen molar-refractivity contribution in [2.45, 2.75) is 20.8 Å². The molecule has 0 bridgehead atoms. The van der Waals surface area contributed by atoms with Gasteiger partial charge in [0, 0.05) is 5.57 Å². The molecule has 4 heteroatoms. The normalized spacial score (nSPS) is 28.4. The zero-order valence-corrected chi connectivity index (χ0v) is 9.40. The van der Waals surface area contributed by atoms with Crippen molar-refractivity contribution in [2.75, 3.05) is 7.11 Å². The Morgan fingerprint density at radius 3 is 2.33 bits per heavy atom. The Kier molecular flexibility index (Phi) is 2.88. The van der Waals surface area contributed by atoms with Gasteiger partial charge in [-0.15, -0.1) is 0 Å². The van der Waals surface area contributed by atoms with Crippen LogP contribution in [0.2, 0.25) is 0 Å². The highest BCUT2D eigenvalue weighted by molar-refractivity contribution is 5.86. The molecule has 4 nitrogen and oxygen atoms in total. The zero-order chi connectivity index (χ0) is 11.8. The monoisotopic (exact) mass is 212 g/mol. The molecule has 1 saturated carbocycles.